The van der Waals surface area contributed by atoms with Crippen LogP contribution in [0.3, 0.4) is 0 Å². The van der Waals surface area contributed by atoms with Gasteiger partial charge in [-0.05, 0) is 0 Å². The second-order valence-electron chi connectivity index (χ2n) is 10.5. The van der Waals surface area contributed by atoms with Crippen molar-refractivity contribution in [2.45, 2.75) is 111 Å². The number of ether oxygens (including phenoxy) is 5. The minimum absolute atomic E-state index is 0.749. The quantitative estimate of drug-likeness (QED) is 0.100. The molecule has 3 aliphatic heterocycles. The number of amides is 1. The standard InChI is InChI=1S/C23H39NO19/c1-6(28)24-11-7(29)2-23(22(37)38,42-18(11)12(31)8(30)3-25)43-19-13(32)9(4-26)40-21(16(19)35)41-17-10(5-27)39-20(36)15(34)14(17)33/h7-21,25-27,29-36H,2-5H2,1H3,(H,24,28)(H,37,38)/t7-,8+,9+,10+,11+,12+,13-,14+,15+,16+,17+,18+,19-,20-,21+,23-/m0/s1. The average Bonchev–Trinajstić information content (AvgIpc) is 2.96. The minimum Gasteiger partial charge on any atom is -0.477 e. The predicted molar refractivity (Wildman–Crippen MR) is 130 cm³/mol. The molecule has 0 radical (unpaired) electrons. The lowest BCUT2D eigenvalue weighted by atomic mass is 9.88. The largest absolute Gasteiger partial charge is 0.477 e. The molecule has 43 heavy (non-hydrogen) atoms. The molecule has 0 bridgehead atoms. The summed E-state index contributed by atoms with van der Waals surface area (Å²) in [7, 11) is 0. The van der Waals surface area contributed by atoms with E-state index < -0.39 is 136 Å². The Morgan fingerprint density at radius 3 is 2.07 bits per heavy atom. The molecule has 1 amide bonds. The summed E-state index contributed by atoms with van der Waals surface area (Å²) in [5.74, 6) is -5.74. The van der Waals surface area contributed by atoms with Gasteiger partial charge in [-0.2, -0.15) is 0 Å². The summed E-state index contributed by atoms with van der Waals surface area (Å²) < 4.78 is 26.8. The van der Waals surface area contributed by atoms with Gasteiger partial charge in [-0.1, -0.05) is 0 Å². The van der Waals surface area contributed by atoms with Crippen LogP contribution in [0.2, 0.25) is 0 Å². The molecule has 3 fully saturated rings. The van der Waals surface area contributed by atoms with Gasteiger partial charge in [0.2, 0.25) is 5.91 Å². The molecule has 3 saturated heterocycles. The van der Waals surface area contributed by atoms with Crippen molar-refractivity contribution < 1.29 is 94.6 Å². The van der Waals surface area contributed by atoms with Gasteiger partial charge in [0.25, 0.3) is 5.79 Å². The molecule has 3 heterocycles. The molecular formula is C23H39NO19. The molecule has 0 aliphatic carbocycles. The second-order valence-corrected chi connectivity index (χ2v) is 10.5. The normalized spacial score (nSPS) is 45.3. The van der Waals surface area contributed by atoms with E-state index in [2.05, 4.69) is 5.32 Å². The zero-order valence-corrected chi connectivity index (χ0v) is 22.7. The number of carboxylic acids is 1. The summed E-state index contributed by atoms with van der Waals surface area (Å²) in [5, 5.41) is 124. The van der Waals surface area contributed by atoms with Gasteiger partial charge in [-0.25, -0.2) is 4.79 Å². The Balaban J connectivity index is 1.94. The minimum atomic E-state index is -3.02. The van der Waals surface area contributed by atoms with Gasteiger partial charge in [0.1, 0.15) is 67.1 Å². The maximum Gasteiger partial charge on any atom is 0.364 e. The van der Waals surface area contributed by atoms with Gasteiger partial charge < -0.3 is 90.3 Å². The van der Waals surface area contributed by atoms with Crippen molar-refractivity contribution in [3.8, 4) is 0 Å². The lowest BCUT2D eigenvalue weighted by Gasteiger charge is -2.50. The van der Waals surface area contributed by atoms with E-state index in [0.29, 0.717) is 0 Å². The van der Waals surface area contributed by atoms with Crippen molar-refractivity contribution >= 4 is 11.9 Å². The van der Waals surface area contributed by atoms with Gasteiger partial charge in [0.05, 0.1) is 32.0 Å². The number of hydrogen-bond donors (Lipinski definition) is 13. The van der Waals surface area contributed by atoms with Crippen LogP contribution in [0.15, 0.2) is 0 Å². The Morgan fingerprint density at radius 2 is 1.53 bits per heavy atom. The summed E-state index contributed by atoms with van der Waals surface area (Å²) in [4.78, 5) is 24.3. The molecule has 0 aromatic carbocycles. The number of rotatable bonds is 11. The molecule has 16 atom stereocenters. The molecular weight excluding hydrogens is 594 g/mol. The highest BCUT2D eigenvalue weighted by Gasteiger charge is 2.60. The number of hydrogen-bond acceptors (Lipinski definition) is 18. The molecule has 3 rings (SSSR count). The molecule has 0 aromatic heterocycles. The Hall–Kier alpha value is -1.70. The summed E-state index contributed by atoms with van der Waals surface area (Å²) in [5.41, 5.74) is 0. The van der Waals surface area contributed by atoms with Crippen LogP contribution in [0.1, 0.15) is 13.3 Å². The maximum atomic E-state index is 12.5. The number of carbonyl (C=O) groups excluding carboxylic acids is 1. The van der Waals surface area contributed by atoms with Crippen molar-refractivity contribution in [1.29, 1.82) is 0 Å². The molecule has 0 saturated carbocycles. The predicted octanol–water partition coefficient (Wildman–Crippen LogP) is -8.22. The molecule has 0 unspecified atom stereocenters. The van der Waals surface area contributed by atoms with Crippen LogP contribution in [0.25, 0.3) is 0 Å². The van der Waals surface area contributed by atoms with Crippen LogP contribution in [-0.2, 0) is 33.3 Å². The zero-order valence-electron chi connectivity index (χ0n) is 22.7. The lowest BCUT2D eigenvalue weighted by molar-refractivity contribution is -0.385. The van der Waals surface area contributed by atoms with Crippen molar-refractivity contribution in [2.24, 2.45) is 0 Å². The van der Waals surface area contributed by atoms with E-state index in [-0.39, 0.29) is 0 Å². The van der Waals surface area contributed by atoms with Crippen molar-refractivity contribution in [2.75, 3.05) is 19.8 Å². The fraction of sp³-hybridized carbons (Fsp3) is 0.913. The highest BCUT2D eigenvalue weighted by molar-refractivity contribution is 5.76. The van der Waals surface area contributed by atoms with Crippen LogP contribution in [0.5, 0.6) is 0 Å². The fourth-order valence-corrected chi connectivity index (χ4v) is 5.16. The summed E-state index contributed by atoms with van der Waals surface area (Å²) in [6, 6.07) is -1.54. The smallest absolute Gasteiger partial charge is 0.364 e. The Labute approximate surface area is 243 Å². The molecule has 0 aromatic rings. The highest BCUT2D eigenvalue weighted by Crippen LogP contribution is 2.38. The monoisotopic (exact) mass is 633 g/mol. The molecule has 3 aliphatic rings. The number of aliphatic hydroxyl groups is 11. The Kier molecular flexibility index (Phi) is 12.1. The molecule has 13 N–H and O–H groups in total. The van der Waals surface area contributed by atoms with Gasteiger partial charge in [-0.15, -0.1) is 0 Å². The molecule has 20 heteroatoms. The van der Waals surface area contributed by atoms with E-state index in [1.807, 2.05) is 0 Å². The van der Waals surface area contributed by atoms with E-state index in [1.165, 1.54) is 0 Å². The number of carbonyl (C=O) groups is 2. The Bertz CT molecular complexity index is 942. The lowest BCUT2D eigenvalue weighted by Crippen LogP contribution is -2.70. The van der Waals surface area contributed by atoms with E-state index in [1.54, 1.807) is 0 Å². The maximum absolute atomic E-state index is 12.5. The van der Waals surface area contributed by atoms with E-state index in [4.69, 9.17) is 23.7 Å². The highest BCUT2D eigenvalue weighted by atomic mass is 16.8. The first-order valence-electron chi connectivity index (χ1n) is 13.2. The number of nitrogens with one attached hydrogen (secondary N) is 1. The summed E-state index contributed by atoms with van der Waals surface area (Å²) >= 11 is 0. The average molecular weight is 634 g/mol. The van der Waals surface area contributed by atoms with Crippen molar-refractivity contribution in [1.82, 2.24) is 5.32 Å². The van der Waals surface area contributed by atoms with Crippen LogP contribution in [-0.4, -0.2) is 191 Å². The zero-order chi connectivity index (χ0) is 32.4. The number of carboxylic acid groups (broad SMARTS) is 1. The molecule has 0 spiro atoms. The second kappa shape index (κ2) is 14.6. The number of aliphatic carboxylic acids is 1. The first kappa shape index (κ1) is 35.8. The van der Waals surface area contributed by atoms with Crippen LogP contribution in [0, 0.1) is 0 Å². The third-order valence-electron chi connectivity index (χ3n) is 7.47. The van der Waals surface area contributed by atoms with Crippen molar-refractivity contribution in [3.05, 3.63) is 0 Å². The summed E-state index contributed by atoms with van der Waals surface area (Å²) in [6.45, 7) is -1.85. The molecule has 20 nitrogen and oxygen atoms in total. The van der Waals surface area contributed by atoms with E-state index >= 15 is 0 Å². The first-order chi connectivity index (χ1) is 20.1. The van der Waals surface area contributed by atoms with Crippen LogP contribution in [0.4, 0.5) is 0 Å². The van der Waals surface area contributed by atoms with Crippen LogP contribution >= 0.6 is 0 Å². The van der Waals surface area contributed by atoms with Gasteiger partial charge in [-0.3, -0.25) is 4.79 Å². The van der Waals surface area contributed by atoms with Gasteiger partial charge in [0, 0.05) is 13.3 Å². The first-order valence-corrected chi connectivity index (χ1v) is 13.2. The topological polar surface area (TPSA) is 335 Å². The number of aliphatic hydroxyl groups excluding tert-OH is 11. The summed E-state index contributed by atoms with van der Waals surface area (Å²) in [6.07, 6.45) is -27.8. The SMILES string of the molecule is CC(=O)N[C@H]1[C@H]([C@H](O)[C@H](O)CO)O[C@@](O[C@H]2[C@@H](O)[C@@H](CO)O[C@H](O[C@H]3[C@H](O)[C@@H](O)[C@@H](O)O[C@@H]3CO)[C@@H]2O)(C(=O)O)C[C@@H]1O. The van der Waals surface area contributed by atoms with E-state index in [9.17, 15) is 70.9 Å². The van der Waals surface area contributed by atoms with E-state index in [0.717, 1.165) is 6.92 Å². The van der Waals surface area contributed by atoms with Crippen molar-refractivity contribution in [3.63, 3.8) is 0 Å². The van der Waals surface area contributed by atoms with Gasteiger partial charge >= 0.3 is 5.97 Å². The fourth-order valence-electron chi connectivity index (χ4n) is 5.16. The third kappa shape index (κ3) is 7.41. The third-order valence-corrected chi connectivity index (χ3v) is 7.47. The van der Waals surface area contributed by atoms with Crippen LogP contribution < -0.4 is 5.32 Å². The van der Waals surface area contributed by atoms with Gasteiger partial charge in [0.15, 0.2) is 12.6 Å². The Morgan fingerprint density at radius 1 is 0.907 bits per heavy atom. The molecule has 250 valence electrons.